The van der Waals surface area contributed by atoms with Gasteiger partial charge in [-0.05, 0) is 6.08 Å². The van der Waals surface area contributed by atoms with Crippen LogP contribution < -0.4 is 0 Å². The fourth-order valence-electron chi connectivity index (χ4n) is 1.86. The lowest BCUT2D eigenvalue weighted by Crippen LogP contribution is -2.32. The van der Waals surface area contributed by atoms with Crippen molar-refractivity contribution in [3.8, 4) is 0 Å². The molecule has 0 aromatic heterocycles. The Kier molecular flexibility index (Phi) is 2.41. The van der Waals surface area contributed by atoms with Crippen LogP contribution >= 0.6 is 0 Å². The predicted octanol–water partition coefficient (Wildman–Crippen LogP) is 1.37. The van der Waals surface area contributed by atoms with Gasteiger partial charge in [-0.25, -0.2) is 4.79 Å². The van der Waals surface area contributed by atoms with Crippen molar-refractivity contribution in [1.29, 1.82) is 0 Å². The molecule has 0 aromatic rings. The third-order valence-electron chi connectivity index (χ3n) is 2.57. The summed E-state index contributed by atoms with van der Waals surface area (Å²) in [5, 5.41) is 8.98. The number of fused-ring (bicyclic) bond motifs is 1. The molecular formula is C11H11NO3. The number of ether oxygens (including phenoxy) is 1. The molecule has 0 aromatic carbocycles. The number of aliphatic imine (C=N–C) groups is 1. The van der Waals surface area contributed by atoms with E-state index in [0.717, 1.165) is 5.76 Å². The number of hydrogen-bond acceptors (Lipinski definition) is 3. The van der Waals surface area contributed by atoms with Gasteiger partial charge in [0.25, 0.3) is 0 Å². The van der Waals surface area contributed by atoms with Gasteiger partial charge in [-0.3, -0.25) is 4.99 Å². The van der Waals surface area contributed by atoms with Crippen LogP contribution in [0.1, 0.15) is 0 Å². The minimum Gasteiger partial charge on any atom is -0.500 e. The normalized spacial score (nSPS) is 27.8. The zero-order valence-corrected chi connectivity index (χ0v) is 8.25. The van der Waals surface area contributed by atoms with E-state index >= 15 is 0 Å². The summed E-state index contributed by atoms with van der Waals surface area (Å²) in [6.45, 7) is 0. The summed E-state index contributed by atoms with van der Waals surface area (Å²) in [4.78, 5) is 14.8. The first-order valence-corrected chi connectivity index (χ1v) is 4.64. The van der Waals surface area contributed by atoms with E-state index in [0.29, 0.717) is 0 Å². The Morgan fingerprint density at radius 1 is 1.47 bits per heavy atom. The molecule has 0 saturated heterocycles. The van der Waals surface area contributed by atoms with Crippen molar-refractivity contribution in [2.24, 2.45) is 16.8 Å². The minimum absolute atomic E-state index is 0.0383. The molecule has 1 aliphatic carbocycles. The Balaban J connectivity index is 2.35. The van der Waals surface area contributed by atoms with E-state index in [9.17, 15) is 4.79 Å². The van der Waals surface area contributed by atoms with Crippen LogP contribution in [0.3, 0.4) is 0 Å². The highest BCUT2D eigenvalue weighted by atomic mass is 16.5. The maximum Gasteiger partial charge on any atom is 0.350 e. The van der Waals surface area contributed by atoms with Gasteiger partial charge < -0.3 is 9.84 Å². The Bertz CT molecular complexity index is 404. The lowest BCUT2D eigenvalue weighted by atomic mass is 9.82. The average molecular weight is 205 g/mol. The third kappa shape index (κ3) is 1.58. The molecule has 15 heavy (non-hydrogen) atoms. The summed E-state index contributed by atoms with van der Waals surface area (Å²) >= 11 is 0. The van der Waals surface area contributed by atoms with Crippen molar-refractivity contribution in [3.63, 3.8) is 0 Å². The summed E-state index contributed by atoms with van der Waals surface area (Å²) in [6.07, 6.45) is 8.87. The van der Waals surface area contributed by atoms with Crippen molar-refractivity contribution < 1.29 is 14.6 Å². The van der Waals surface area contributed by atoms with Gasteiger partial charge in [-0.2, -0.15) is 0 Å². The lowest BCUT2D eigenvalue weighted by Gasteiger charge is -2.27. The van der Waals surface area contributed by atoms with E-state index in [1.807, 2.05) is 18.2 Å². The van der Waals surface area contributed by atoms with Crippen molar-refractivity contribution in [3.05, 3.63) is 36.3 Å². The maximum absolute atomic E-state index is 10.9. The van der Waals surface area contributed by atoms with Crippen molar-refractivity contribution in [2.75, 3.05) is 7.11 Å². The Hall–Kier alpha value is -1.84. The molecule has 0 spiro atoms. The number of rotatable bonds is 2. The van der Waals surface area contributed by atoms with Gasteiger partial charge in [-0.15, -0.1) is 0 Å². The Morgan fingerprint density at radius 2 is 2.27 bits per heavy atom. The molecule has 0 amide bonds. The standard InChI is InChI=1S/C11H11NO3/c1-15-9-4-2-3-8-7(9)5-6-12-10(8)11(13)14/h2-8H,1H3,(H,13,14). The van der Waals surface area contributed by atoms with Gasteiger partial charge >= 0.3 is 5.97 Å². The molecule has 1 N–H and O–H groups in total. The number of methoxy groups -OCH3 is 1. The fraction of sp³-hybridized carbons (Fsp3) is 0.273. The number of carboxylic acid groups (broad SMARTS) is 1. The molecule has 2 unspecified atom stereocenters. The molecule has 1 heterocycles. The molecule has 4 nitrogen and oxygen atoms in total. The number of allylic oxidation sites excluding steroid dienone is 4. The highest BCUT2D eigenvalue weighted by molar-refractivity contribution is 6.37. The van der Waals surface area contributed by atoms with Crippen molar-refractivity contribution >= 4 is 11.7 Å². The van der Waals surface area contributed by atoms with Crippen molar-refractivity contribution in [1.82, 2.24) is 0 Å². The molecule has 2 aliphatic rings. The molecule has 0 fully saturated rings. The first kappa shape index (κ1) is 9.71. The quantitative estimate of drug-likeness (QED) is 0.740. The second-order valence-corrected chi connectivity index (χ2v) is 3.37. The molecule has 0 radical (unpaired) electrons. The van der Waals surface area contributed by atoms with E-state index in [1.54, 1.807) is 13.2 Å². The van der Waals surface area contributed by atoms with E-state index in [4.69, 9.17) is 9.84 Å². The SMILES string of the molecule is COC1=CC=CC2C(C(=O)O)=NC=CC12. The lowest BCUT2D eigenvalue weighted by molar-refractivity contribution is -0.129. The molecular weight excluding hydrogens is 194 g/mol. The summed E-state index contributed by atoms with van der Waals surface area (Å²) in [6, 6.07) is 0. The van der Waals surface area contributed by atoms with Gasteiger partial charge in [0, 0.05) is 18.0 Å². The van der Waals surface area contributed by atoms with Crippen LogP contribution in [0, 0.1) is 11.8 Å². The summed E-state index contributed by atoms with van der Waals surface area (Å²) < 4.78 is 5.20. The van der Waals surface area contributed by atoms with Gasteiger partial charge in [0.1, 0.15) is 11.5 Å². The molecule has 1 aliphatic heterocycles. The van der Waals surface area contributed by atoms with Crippen LogP contribution in [0.5, 0.6) is 0 Å². The van der Waals surface area contributed by atoms with Crippen LogP contribution in [-0.2, 0) is 9.53 Å². The highest BCUT2D eigenvalue weighted by Crippen LogP contribution is 2.31. The molecule has 2 rings (SSSR count). The van der Waals surface area contributed by atoms with Crippen LogP contribution in [0.25, 0.3) is 0 Å². The largest absolute Gasteiger partial charge is 0.500 e. The van der Waals surface area contributed by atoms with E-state index < -0.39 is 5.97 Å². The second kappa shape index (κ2) is 3.73. The van der Waals surface area contributed by atoms with Gasteiger partial charge in [0.05, 0.1) is 7.11 Å². The first-order valence-electron chi connectivity index (χ1n) is 4.64. The predicted molar refractivity (Wildman–Crippen MR) is 55.4 cm³/mol. The van der Waals surface area contributed by atoms with Gasteiger partial charge in [0.2, 0.25) is 0 Å². The molecule has 0 bridgehead atoms. The first-order chi connectivity index (χ1) is 7.24. The molecule has 2 atom stereocenters. The summed E-state index contributed by atoms with van der Waals surface area (Å²) in [5.41, 5.74) is 0.168. The minimum atomic E-state index is -0.976. The van der Waals surface area contributed by atoms with Crippen LogP contribution in [0.2, 0.25) is 0 Å². The van der Waals surface area contributed by atoms with Gasteiger partial charge in [-0.1, -0.05) is 18.2 Å². The molecule has 78 valence electrons. The second-order valence-electron chi connectivity index (χ2n) is 3.37. The smallest absolute Gasteiger partial charge is 0.350 e. The maximum atomic E-state index is 10.9. The topological polar surface area (TPSA) is 58.9 Å². The molecule has 0 saturated carbocycles. The number of hydrogen-bond donors (Lipinski definition) is 1. The number of carbonyl (C=O) groups is 1. The van der Waals surface area contributed by atoms with E-state index in [-0.39, 0.29) is 17.5 Å². The Labute approximate surface area is 87.3 Å². The van der Waals surface area contributed by atoms with E-state index in [1.165, 1.54) is 6.20 Å². The van der Waals surface area contributed by atoms with Gasteiger partial charge in [0.15, 0.2) is 0 Å². The summed E-state index contributed by atoms with van der Waals surface area (Å²) in [7, 11) is 1.59. The number of aliphatic carboxylic acids is 1. The molecule has 4 heteroatoms. The number of carboxylic acids is 1. The van der Waals surface area contributed by atoms with Crippen LogP contribution in [-0.4, -0.2) is 23.9 Å². The average Bonchev–Trinajstić information content (AvgIpc) is 2.27. The zero-order valence-electron chi connectivity index (χ0n) is 8.25. The monoisotopic (exact) mass is 205 g/mol. The fourth-order valence-corrected chi connectivity index (χ4v) is 1.86. The number of nitrogens with zero attached hydrogens (tertiary/aromatic N) is 1. The van der Waals surface area contributed by atoms with Crippen LogP contribution in [0.4, 0.5) is 0 Å². The zero-order chi connectivity index (χ0) is 10.8. The Morgan fingerprint density at radius 3 is 2.93 bits per heavy atom. The van der Waals surface area contributed by atoms with E-state index in [2.05, 4.69) is 4.99 Å². The third-order valence-corrected chi connectivity index (χ3v) is 2.57. The summed E-state index contributed by atoms with van der Waals surface area (Å²) in [5.74, 6) is -0.459. The highest BCUT2D eigenvalue weighted by Gasteiger charge is 2.33. The van der Waals surface area contributed by atoms with Crippen molar-refractivity contribution in [2.45, 2.75) is 0 Å². The van der Waals surface area contributed by atoms with Crippen LogP contribution in [0.15, 0.2) is 41.3 Å².